The lowest BCUT2D eigenvalue weighted by molar-refractivity contribution is 0.272. The molecule has 0 N–H and O–H groups in total. The fraction of sp³-hybridized carbons (Fsp3) is 0.357. The van der Waals surface area contributed by atoms with Crippen LogP contribution in [0.4, 0.5) is 0 Å². The van der Waals surface area contributed by atoms with Gasteiger partial charge in [0.15, 0.2) is 0 Å². The average Bonchev–Trinajstić information content (AvgIpc) is 2.29. The molecule has 2 rings (SSSR count). The summed E-state index contributed by atoms with van der Waals surface area (Å²) in [5.41, 5.74) is 3.66. The predicted molar refractivity (Wildman–Crippen MR) is 68.4 cm³/mol. The maximum atomic E-state index is 4.72. The Kier molecular flexibility index (Phi) is 3.09. The summed E-state index contributed by atoms with van der Waals surface area (Å²) in [5, 5.41) is 0. The number of aliphatic imine (C=N–C) groups is 1. The van der Waals surface area contributed by atoms with Crippen LogP contribution in [0, 0.1) is 0 Å². The van der Waals surface area contributed by atoms with E-state index in [9.17, 15) is 0 Å². The molecule has 84 valence electrons. The van der Waals surface area contributed by atoms with Gasteiger partial charge in [-0.2, -0.15) is 0 Å². The first-order valence-electron chi connectivity index (χ1n) is 5.76. The SMILES string of the molecule is CCN1C(C)=CC(C)=NC1c1ccccc1. The second kappa shape index (κ2) is 4.52. The predicted octanol–water partition coefficient (Wildman–Crippen LogP) is 3.39. The third-order valence-corrected chi connectivity index (χ3v) is 2.93. The van der Waals surface area contributed by atoms with Gasteiger partial charge in [-0.3, -0.25) is 4.99 Å². The second-order valence-electron chi connectivity index (χ2n) is 4.13. The number of rotatable bonds is 2. The van der Waals surface area contributed by atoms with Crippen molar-refractivity contribution in [2.24, 2.45) is 4.99 Å². The van der Waals surface area contributed by atoms with Crippen LogP contribution >= 0.6 is 0 Å². The molecule has 2 heteroatoms. The van der Waals surface area contributed by atoms with Gasteiger partial charge in [0.25, 0.3) is 0 Å². The first-order valence-corrected chi connectivity index (χ1v) is 5.76. The van der Waals surface area contributed by atoms with E-state index in [0.717, 1.165) is 12.3 Å². The van der Waals surface area contributed by atoms with Gasteiger partial charge in [0.05, 0.1) is 0 Å². The van der Waals surface area contributed by atoms with Gasteiger partial charge in [0.1, 0.15) is 6.17 Å². The molecule has 1 aromatic carbocycles. The summed E-state index contributed by atoms with van der Waals surface area (Å²) in [5.74, 6) is 0. The van der Waals surface area contributed by atoms with Crippen LogP contribution in [0.3, 0.4) is 0 Å². The monoisotopic (exact) mass is 214 g/mol. The van der Waals surface area contributed by atoms with E-state index in [1.165, 1.54) is 11.3 Å². The van der Waals surface area contributed by atoms with Crippen LogP contribution in [0.1, 0.15) is 32.5 Å². The van der Waals surface area contributed by atoms with Gasteiger partial charge in [0, 0.05) is 18.0 Å². The van der Waals surface area contributed by atoms with Gasteiger partial charge < -0.3 is 4.90 Å². The van der Waals surface area contributed by atoms with Crippen LogP contribution in [0.25, 0.3) is 0 Å². The number of allylic oxidation sites excluding steroid dienone is 2. The molecule has 2 nitrogen and oxygen atoms in total. The smallest absolute Gasteiger partial charge is 0.147 e. The van der Waals surface area contributed by atoms with Crippen molar-refractivity contribution in [1.82, 2.24) is 4.90 Å². The first kappa shape index (κ1) is 10.9. The van der Waals surface area contributed by atoms with Crippen LogP contribution in [-0.4, -0.2) is 17.2 Å². The molecule has 0 amide bonds. The summed E-state index contributed by atoms with van der Waals surface area (Å²) < 4.78 is 0. The zero-order valence-corrected chi connectivity index (χ0v) is 10.1. The molecule has 0 bridgehead atoms. The standard InChI is InChI=1S/C14H18N2/c1-4-16-12(3)10-11(2)15-14(16)13-8-6-5-7-9-13/h5-10,14H,4H2,1-3H3. The van der Waals surface area contributed by atoms with Crippen molar-refractivity contribution in [2.75, 3.05) is 6.54 Å². The maximum absolute atomic E-state index is 4.72. The van der Waals surface area contributed by atoms with Crippen molar-refractivity contribution in [1.29, 1.82) is 0 Å². The van der Waals surface area contributed by atoms with Gasteiger partial charge in [-0.1, -0.05) is 30.3 Å². The van der Waals surface area contributed by atoms with E-state index in [4.69, 9.17) is 4.99 Å². The lowest BCUT2D eigenvalue weighted by atomic mass is 10.1. The fourth-order valence-electron chi connectivity index (χ4n) is 2.18. The lowest BCUT2D eigenvalue weighted by Gasteiger charge is -2.34. The minimum Gasteiger partial charge on any atom is -0.350 e. The molecule has 0 spiro atoms. The van der Waals surface area contributed by atoms with Gasteiger partial charge in [-0.15, -0.1) is 0 Å². The quantitative estimate of drug-likeness (QED) is 0.737. The third-order valence-electron chi connectivity index (χ3n) is 2.93. The van der Waals surface area contributed by atoms with E-state index in [-0.39, 0.29) is 6.17 Å². The molecule has 0 fully saturated rings. The van der Waals surface area contributed by atoms with Crippen molar-refractivity contribution in [3.05, 3.63) is 47.7 Å². The Hall–Kier alpha value is -1.57. The zero-order valence-electron chi connectivity index (χ0n) is 10.1. The van der Waals surface area contributed by atoms with Gasteiger partial charge in [0.2, 0.25) is 0 Å². The van der Waals surface area contributed by atoms with E-state index < -0.39 is 0 Å². The average molecular weight is 214 g/mol. The van der Waals surface area contributed by atoms with Gasteiger partial charge >= 0.3 is 0 Å². The molecule has 16 heavy (non-hydrogen) atoms. The maximum Gasteiger partial charge on any atom is 0.147 e. The van der Waals surface area contributed by atoms with Crippen molar-refractivity contribution in [2.45, 2.75) is 26.9 Å². The highest BCUT2D eigenvalue weighted by molar-refractivity contribution is 5.94. The van der Waals surface area contributed by atoms with E-state index in [1.54, 1.807) is 0 Å². The highest BCUT2D eigenvalue weighted by Crippen LogP contribution is 2.28. The molecule has 0 saturated heterocycles. The Morgan fingerprint density at radius 2 is 1.88 bits per heavy atom. The van der Waals surface area contributed by atoms with E-state index in [2.05, 4.69) is 56.0 Å². The minimum atomic E-state index is 0.149. The Morgan fingerprint density at radius 3 is 2.50 bits per heavy atom. The molecular formula is C14H18N2. The molecule has 1 heterocycles. The number of hydrogen-bond donors (Lipinski definition) is 0. The van der Waals surface area contributed by atoms with Crippen LogP contribution in [0.2, 0.25) is 0 Å². The molecule has 1 aliphatic heterocycles. The molecule has 0 saturated carbocycles. The number of benzene rings is 1. The van der Waals surface area contributed by atoms with Gasteiger partial charge in [-0.25, -0.2) is 0 Å². The minimum absolute atomic E-state index is 0.149. The van der Waals surface area contributed by atoms with Crippen LogP contribution < -0.4 is 0 Å². The van der Waals surface area contributed by atoms with Crippen LogP contribution in [0.15, 0.2) is 47.1 Å². The van der Waals surface area contributed by atoms with Crippen molar-refractivity contribution >= 4 is 5.71 Å². The summed E-state index contributed by atoms with van der Waals surface area (Å²) in [6, 6.07) is 10.5. The van der Waals surface area contributed by atoms with Crippen LogP contribution in [-0.2, 0) is 0 Å². The summed E-state index contributed by atoms with van der Waals surface area (Å²) in [6.45, 7) is 7.37. The topological polar surface area (TPSA) is 15.6 Å². The Labute approximate surface area is 97.3 Å². The molecule has 1 unspecified atom stereocenters. The van der Waals surface area contributed by atoms with E-state index in [0.29, 0.717) is 0 Å². The van der Waals surface area contributed by atoms with Crippen molar-refractivity contribution in [3.63, 3.8) is 0 Å². The Morgan fingerprint density at radius 1 is 1.19 bits per heavy atom. The summed E-state index contributed by atoms with van der Waals surface area (Å²) in [4.78, 5) is 7.04. The van der Waals surface area contributed by atoms with Crippen molar-refractivity contribution < 1.29 is 0 Å². The second-order valence-corrected chi connectivity index (χ2v) is 4.13. The van der Waals surface area contributed by atoms with Crippen molar-refractivity contribution in [3.8, 4) is 0 Å². The molecule has 0 aromatic heterocycles. The number of hydrogen-bond acceptors (Lipinski definition) is 2. The highest BCUT2D eigenvalue weighted by atomic mass is 15.3. The first-order chi connectivity index (χ1) is 7.72. The summed E-state index contributed by atoms with van der Waals surface area (Å²) in [6.07, 6.45) is 2.29. The summed E-state index contributed by atoms with van der Waals surface area (Å²) in [7, 11) is 0. The molecule has 0 radical (unpaired) electrons. The van der Waals surface area contributed by atoms with Crippen LogP contribution in [0.5, 0.6) is 0 Å². The normalized spacial score (nSPS) is 20.4. The molecule has 1 atom stereocenters. The zero-order chi connectivity index (χ0) is 11.5. The molecular weight excluding hydrogens is 196 g/mol. The lowest BCUT2D eigenvalue weighted by Crippen LogP contribution is -2.29. The Bertz CT molecular complexity index is 418. The summed E-state index contributed by atoms with van der Waals surface area (Å²) >= 11 is 0. The molecule has 0 aliphatic carbocycles. The van der Waals surface area contributed by atoms with E-state index >= 15 is 0 Å². The fourth-order valence-corrected chi connectivity index (χ4v) is 2.18. The number of nitrogens with zero attached hydrogens (tertiary/aromatic N) is 2. The third kappa shape index (κ3) is 2.01. The molecule has 1 aromatic rings. The molecule has 1 aliphatic rings. The van der Waals surface area contributed by atoms with E-state index in [1.807, 2.05) is 6.07 Å². The highest BCUT2D eigenvalue weighted by Gasteiger charge is 2.21. The Balaban J connectivity index is 2.37. The van der Waals surface area contributed by atoms with Gasteiger partial charge in [-0.05, 0) is 32.4 Å². The largest absolute Gasteiger partial charge is 0.350 e.